The zero-order chi connectivity index (χ0) is 21.5. The molecule has 3 aromatic carbocycles. The standard InChI is InChI=1S/C24H20N4O2S/c29-28(30)22-13-11-20(12-14-22)23-17-31-24(25-23)27-26-21(15-18-7-3-1-4-8-18)16-19-9-5-2-6-10-19/h1-14,17H,15-16H2,(H,25,27). The highest BCUT2D eigenvalue weighted by molar-refractivity contribution is 7.14. The van der Waals surface area contributed by atoms with Gasteiger partial charge in [0, 0.05) is 41.6 Å². The molecule has 0 aliphatic carbocycles. The number of hydrogen-bond acceptors (Lipinski definition) is 6. The number of hydrazone groups is 1. The Hall–Kier alpha value is -3.84. The van der Waals surface area contributed by atoms with E-state index in [4.69, 9.17) is 0 Å². The van der Waals surface area contributed by atoms with Gasteiger partial charge < -0.3 is 0 Å². The first-order chi connectivity index (χ1) is 15.2. The molecule has 0 fully saturated rings. The third-order valence-electron chi connectivity index (χ3n) is 4.69. The Labute approximate surface area is 184 Å². The molecule has 1 N–H and O–H groups in total. The second kappa shape index (κ2) is 9.77. The molecule has 0 saturated carbocycles. The summed E-state index contributed by atoms with van der Waals surface area (Å²) in [5.41, 5.74) is 8.14. The fraction of sp³-hybridized carbons (Fsp3) is 0.0833. The van der Waals surface area contributed by atoms with E-state index in [2.05, 4.69) is 39.8 Å². The molecular weight excluding hydrogens is 408 g/mol. The van der Waals surface area contributed by atoms with Crippen LogP contribution < -0.4 is 5.43 Å². The summed E-state index contributed by atoms with van der Waals surface area (Å²) < 4.78 is 0. The van der Waals surface area contributed by atoms with Crippen molar-refractivity contribution in [2.75, 3.05) is 5.43 Å². The van der Waals surface area contributed by atoms with Crippen LogP contribution in [0.4, 0.5) is 10.8 Å². The molecule has 4 aromatic rings. The monoisotopic (exact) mass is 428 g/mol. The maximum absolute atomic E-state index is 10.8. The summed E-state index contributed by atoms with van der Waals surface area (Å²) in [6.07, 6.45) is 1.48. The van der Waals surface area contributed by atoms with Crippen molar-refractivity contribution in [3.05, 3.63) is 112 Å². The van der Waals surface area contributed by atoms with Crippen molar-refractivity contribution in [3.8, 4) is 11.3 Å². The summed E-state index contributed by atoms with van der Waals surface area (Å²) >= 11 is 1.45. The van der Waals surface area contributed by atoms with Crippen molar-refractivity contribution >= 4 is 27.9 Å². The topological polar surface area (TPSA) is 80.4 Å². The Balaban J connectivity index is 1.51. The molecule has 1 aromatic heterocycles. The van der Waals surface area contributed by atoms with E-state index in [1.807, 2.05) is 41.8 Å². The molecule has 0 radical (unpaired) electrons. The first-order valence-electron chi connectivity index (χ1n) is 9.77. The number of non-ortho nitro benzene ring substituents is 1. The molecule has 0 atom stereocenters. The van der Waals surface area contributed by atoms with Crippen LogP contribution in [0.5, 0.6) is 0 Å². The maximum Gasteiger partial charge on any atom is 0.269 e. The molecular formula is C24H20N4O2S. The third-order valence-corrected chi connectivity index (χ3v) is 5.44. The minimum absolute atomic E-state index is 0.0633. The second-order valence-corrected chi connectivity index (χ2v) is 7.81. The number of nitrogens with zero attached hydrogens (tertiary/aromatic N) is 3. The summed E-state index contributed by atoms with van der Waals surface area (Å²) in [7, 11) is 0. The van der Waals surface area contributed by atoms with E-state index < -0.39 is 4.92 Å². The van der Waals surface area contributed by atoms with Crippen LogP contribution in [0.1, 0.15) is 11.1 Å². The zero-order valence-corrected chi connectivity index (χ0v) is 17.5. The highest BCUT2D eigenvalue weighted by Gasteiger charge is 2.09. The lowest BCUT2D eigenvalue weighted by Gasteiger charge is -2.08. The van der Waals surface area contributed by atoms with Crippen molar-refractivity contribution in [1.82, 2.24) is 4.98 Å². The van der Waals surface area contributed by atoms with Crippen LogP contribution in [-0.2, 0) is 12.8 Å². The van der Waals surface area contributed by atoms with Gasteiger partial charge in [-0.1, -0.05) is 60.7 Å². The van der Waals surface area contributed by atoms with Crippen molar-refractivity contribution < 1.29 is 4.92 Å². The quantitative estimate of drug-likeness (QED) is 0.213. The summed E-state index contributed by atoms with van der Waals surface area (Å²) in [6.45, 7) is 0. The number of nitro groups is 1. The lowest BCUT2D eigenvalue weighted by atomic mass is 10.0. The second-order valence-electron chi connectivity index (χ2n) is 6.96. The summed E-state index contributed by atoms with van der Waals surface area (Å²) in [6, 6.07) is 26.9. The molecule has 0 spiro atoms. The van der Waals surface area contributed by atoms with Crippen LogP contribution in [0.15, 0.2) is 95.4 Å². The number of anilines is 1. The molecule has 31 heavy (non-hydrogen) atoms. The minimum atomic E-state index is -0.409. The molecule has 0 bridgehead atoms. The average molecular weight is 429 g/mol. The molecule has 0 saturated heterocycles. The van der Waals surface area contributed by atoms with E-state index in [1.54, 1.807) is 12.1 Å². The predicted molar refractivity (Wildman–Crippen MR) is 126 cm³/mol. The summed E-state index contributed by atoms with van der Waals surface area (Å²) in [5, 5.41) is 18.1. The fourth-order valence-electron chi connectivity index (χ4n) is 3.14. The molecule has 0 unspecified atom stereocenters. The number of aromatic nitrogens is 1. The van der Waals surface area contributed by atoms with E-state index in [9.17, 15) is 10.1 Å². The summed E-state index contributed by atoms with van der Waals surface area (Å²) in [5.74, 6) is 0. The lowest BCUT2D eigenvalue weighted by molar-refractivity contribution is -0.384. The molecule has 0 aliphatic rings. The fourth-order valence-corrected chi connectivity index (χ4v) is 3.80. The van der Waals surface area contributed by atoms with Gasteiger partial charge in [-0.15, -0.1) is 11.3 Å². The van der Waals surface area contributed by atoms with Crippen LogP contribution >= 0.6 is 11.3 Å². The van der Waals surface area contributed by atoms with E-state index in [1.165, 1.54) is 34.6 Å². The SMILES string of the molecule is O=[N+]([O-])c1ccc(-c2csc(NN=C(Cc3ccccc3)Cc3ccccc3)n2)cc1. The third kappa shape index (κ3) is 5.61. The van der Waals surface area contributed by atoms with Crippen LogP contribution in [0.2, 0.25) is 0 Å². The highest BCUT2D eigenvalue weighted by atomic mass is 32.1. The number of nitro benzene ring substituents is 1. The van der Waals surface area contributed by atoms with Gasteiger partial charge in [0.1, 0.15) is 0 Å². The van der Waals surface area contributed by atoms with E-state index >= 15 is 0 Å². The molecule has 0 amide bonds. The van der Waals surface area contributed by atoms with E-state index in [0.717, 1.165) is 29.8 Å². The minimum Gasteiger partial charge on any atom is -0.258 e. The first kappa shape index (κ1) is 20.4. The Morgan fingerprint density at radius 2 is 1.48 bits per heavy atom. The van der Waals surface area contributed by atoms with E-state index in [-0.39, 0.29) is 5.69 Å². The molecule has 0 aliphatic heterocycles. The first-order valence-corrected chi connectivity index (χ1v) is 10.6. The van der Waals surface area contributed by atoms with Gasteiger partial charge in [0.25, 0.3) is 5.69 Å². The molecule has 4 rings (SSSR count). The van der Waals surface area contributed by atoms with Crippen molar-refractivity contribution in [1.29, 1.82) is 0 Å². The zero-order valence-electron chi connectivity index (χ0n) is 16.6. The number of thiazole rings is 1. The van der Waals surface area contributed by atoms with Gasteiger partial charge in [0.2, 0.25) is 5.13 Å². The van der Waals surface area contributed by atoms with Gasteiger partial charge in [-0.05, 0) is 23.3 Å². The average Bonchev–Trinajstić information content (AvgIpc) is 3.28. The van der Waals surface area contributed by atoms with Gasteiger partial charge in [0.05, 0.1) is 10.6 Å². The Kier molecular flexibility index (Phi) is 6.44. The van der Waals surface area contributed by atoms with Crippen molar-refractivity contribution in [2.45, 2.75) is 12.8 Å². The molecule has 7 heteroatoms. The number of nitrogens with one attached hydrogen (secondary N) is 1. The Morgan fingerprint density at radius 1 is 0.903 bits per heavy atom. The predicted octanol–water partition coefficient (Wildman–Crippen LogP) is 5.97. The van der Waals surface area contributed by atoms with Gasteiger partial charge >= 0.3 is 0 Å². The van der Waals surface area contributed by atoms with Crippen LogP contribution in [0, 0.1) is 10.1 Å². The lowest BCUT2D eigenvalue weighted by Crippen LogP contribution is -2.10. The Bertz CT molecular complexity index is 1130. The number of rotatable bonds is 8. The van der Waals surface area contributed by atoms with Gasteiger partial charge in [-0.25, -0.2) is 4.98 Å². The number of hydrogen-bond donors (Lipinski definition) is 1. The largest absolute Gasteiger partial charge is 0.269 e. The molecule has 6 nitrogen and oxygen atoms in total. The van der Waals surface area contributed by atoms with Crippen molar-refractivity contribution in [3.63, 3.8) is 0 Å². The van der Waals surface area contributed by atoms with Crippen LogP contribution in [0.25, 0.3) is 11.3 Å². The van der Waals surface area contributed by atoms with Crippen LogP contribution in [0.3, 0.4) is 0 Å². The van der Waals surface area contributed by atoms with Gasteiger partial charge in [-0.2, -0.15) is 5.10 Å². The normalized spacial score (nSPS) is 10.5. The van der Waals surface area contributed by atoms with Crippen LogP contribution in [-0.4, -0.2) is 15.6 Å². The summed E-state index contributed by atoms with van der Waals surface area (Å²) in [4.78, 5) is 15.0. The van der Waals surface area contributed by atoms with Gasteiger partial charge in [0.15, 0.2) is 0 Å². The van der Waals surface area contributed by atoms with Gasteiger partial charge in [-0.3, -0.25) is 15.5 Å². The van der Waals surface area contributed by atoms with E-state index in [0.29, 0.717) is 5.13 Å². The maximum atomic E-state index is 10.8. The smallest absolute Gasteiger partial charge is 0.258 e. The molecule has 154 valence electrons. The molecule has 1 heterocycles. The number of benzene rings is 3. The van der Waals surface area contributed by atoms with Crippen molar-refractivity contribution in [2.24, 2.45) is 5.10 Å². The highest BCUT2D eigenvalue weighted by Crippen LogP contribution is 2.26. The Morgan fingerprint density at radius 3 is 2.03 bits per heavy atom.